The third-order valence-corrected chi connectivity index (χ3v) is 4.41. The van der Waals surface area contributed by atoms with Crippen LogP contribution in [-0.4, -0.2) is 12.5 Å². The van der Waals surface area contributed by atoms with Crippen LogP contribution < -0.4 is 5.32 Å². The van der Waals surface area contributed by atoms with E-state index in [0.29, 0.717) is 13.0 Å². The smallest absolute Gasteiger partial charge is 0.220 e. The zero-order valence-corrected chi connectivity index (χ0v) is 13.4. The van der Waals surface area contributed by atoms with Crippen molar-refractivity contribution in [1.82, 2.24) is 5.32 Å². The summed E-state index contributed by atoms with van der Waals surface area (Å²) in [5.74, 6) is 1.05. The highest BCUT2D eigenvalue weighted by Crippen LogP contribution is 2.33. The average molecular weight is 299 g/mol. The van der Waals surface area contributed by atoms with Crippen LogP contribution in [0.2, 0.25) is 0 Å². The van der Waals surface area contributed by atoms with Crippen molar-refractivity contribution in [3.63, 3.8) is 0 Å². The van der Waals surface area contributed by atoms with E-state index in [0.717, 1.165) is 30.8 Å². The summed E-state index contributed by atoms with van der Waals surface area (Å²) in [6.45, 7) is 2.79. The maximum Gasteiger partial charge on any atom is 0.220 e. The molecule has 0 unspecified atom stereocenters. The number of nitrogens with one attached hydrogen (secondary N) is 1. The molecule has 1 aromatic carbocycles. The highest BCUT2D eigenvalue weighted by atomic mass is 16.3. The first-order chi connectivity index (χ1) is 10.8. The SMILES string of the molecule is CCCCC(=O)NCCc1coc2ccc(CC3CC3)cc12. The van der Waals surface area contributed by atoms with Crippen LogP contribution in [0.5, 0.6) is 0 Å². The van der Waals surface area contributed by atoms with Gasteiger partial charge >= 0.3 is 0 Å². The molecule has 1 saturated carbocycles. The normalized spacial score (nSPS) is 14.4. The number of benzene rings is 1. The Hall–Kier alpha value is -1.77. The molecule has 0 saturated heterocycles. The van der Waals surface area contributed by atoms with Crippen LogP contribution in [0.1, 0.15) is 50.2 Å². The third-order valence-electron chi connectivity index (χ3n) is 4.41. The van der Waals surface area contributed by atoms with Gasteiger partial charge in [-0.2, -0.15) is 0 Å². The Bertz CT molecular complexity index is 640. The second-order valence-corrected chi connectivity index (χ2v) is 6.44. The van der Waals surface area contributed by atoms with E-state index in [-0.39, 0.29) is 5.91 Å². The van der Waals surface area contributed by atoms with E-state index in [9.17, 15) is 4.79 Å². The number of unbranched alkanes of at least 4 members (excludes halogenated alkanes) is 1. The van der Waals surface area contributed by atoms with Crippen LogP contribution in [0.3, 0.4) is 0 Å². The summed E-state index contributed by atoms with van der Waals surface area (Å²) >= 11 is 0. The standard InChI is InChI=1S/C19H25NO2/c1-2-3-4-19(21)20-10-9-16-13-22-18-8-7-15(12-17(16)18)11-14-5-6-14/h7-8,12-14H,2-6,9-11H2,1H3,(H,20,21). The van der Waals surface area contributed by atoms with Crippen molar-refractivity contribution in [2.24, 2.45) is 5.92 Å². The quantitative estimate of drug-likeness (QED) is 0.792. The molecule has 22 heavy (non-hydrogen) atoms. The van der Waals surface area contributed by atoms with Gasteiger partial charge in [0.25, 0.3) is 0 Å². The predicted molar refractivity (Wildman–Crippen MR) is 88.9 cm³/mol. The fourth-order valence-corrected chi connectivity index (χ4v) is 2.87. The number of hydrogen-bond acceptors (Lipinski definition) is 2. The molecule has 2 aromatic rings. The first-order valence-electron chi connectivity index (χ1n) is 8.52. The topological polar surface area (TPSA) is 42.2 Å². The molecule has 1 N–H and O–H groups in total. The van der Waals surface area contributed by atoms with Gasteiger partial charge in [-0.3, -0.25) is 4.79 Å². The number of amides is 1. The number of rotatable bonds is 8. The first-order valence-corrected chi connectivity index (χ1v) is 8.52. The van der Waals surface area contributed by atoms with Gasteiger partial charge in [0.2, 0.25) is 5.91 Å². The van der Waals surface area contributed by atoms with Gasteiger partial charge in [-0.1, -0.05) is 19.4 Å². The van der Waals surface area contributed by atoms with E-state index in [1.807, 2.05) is 6.26 Å². The molecule has 0 atom stereocenters. The Morgan fingerprint density at radius 1 is 1.36 bits per heavy atom. The number of carbonyl (C=O) groups is 1. The lowest BCUT2D eigenvalue weighted by Gasteiger charge is -2.04. The average Bonchev–Trinajstić information content (AvgIpc) is 3.25. The Morgan fingerprint density at radius 3 is 3.00 bits per heavy atom. The molecule has 0 aliphatic heterocycles. The van der Waals surface area contributed by atoms with Crippen LogP contribution in [-0.2, 0) is 17.6 Å². The predicted octanol–water partition coefficient (Wildman–Crippen LogP) is 4.23. The zero-order valence-electron chi connectivity index (χ0n) is 13.4. The van der Waals surface area contributed by atoms with Gasteiger partial charge < -0.3 is 9.73 Å². The van der Waals surface area contributed by atoms with Crippen molar-refractivity contribution in [1.29, 1.82) is 0 Å². The fraction of sp³-hybridized carbons (Fsp3) is 0.526. The third kappa shape index (κ3) is 3.90. The van der Waals surface area contributed by atoms with Gasteiger partial charge in [-0.25, -0.2) is 0 Å². The molecular formula is C19H25NO2. The van der Waals surface area contributed by atoms with Crippen LogP contribution in [0.25, 0.3) is 11.0 Å². The molecule has 1 heterocycles. The summed E-state index contributed by atoms with van der Waals surface area (Å²) in [5.41, 5.74) is 3.56. The van der Waals surface area contributed by atoms with Crippen molar-refractivity contribution < 1.29 is 9.21 Å². The van der Waals surface area contributed by atoms with E-state index in [4.69, 9.17) is 4.42 Å². The van der Waals surface area contributed by atoms with Gasteiger partial charge in [0.05, 0.1) is 6.26 Å². The van der Waals surface area contributed by atoms with Crippen molar-refractivity contribution >= 4 is 16.9 Å². The minimum absolute atomic E-state index is 0.157. The van der Waals surface area contributed by atoms with E-state index in [1.165, 1.54) is 35.8 Å². The molecule has 0 bridgehead atoms. The first kappa shape index (κ1) is 15.1. The minimum atomic E-state index is 0.157. The molecule has 1 aliphatic rings. The van der Waals surface area contributed by atoms with Crippen molar-refractivity contribution in [3.05, 3.63) is 35.6 Å². The Morgan fingerprint density at radius 2 is 2.23 bits per heavy atom. The maximum absolute atomic E-state index is 11.6. The minimum Gasteiger partial charge on any atom is -0.464 e. The van der Waals surface area contributed by atoms with Gasteiger partial charge in [-0.05, 0) is 61.3 Å². The summed E-state index contributed by atoms with van der Waals surface area (Å²) in [6, 6.07) is 6.53. The van der Waals surface area contributed by atoms with Crippen LogP contribution in [0, 0.1) is 5.92 Å². The molecular weight excluding hydrogens is 274 g/mol. The second-order valence-electron chi connectivity index (χ2n) is 6.44. The lowest BCUT2D eigenvalue weighted by atomic mass is 10.0. The number of carbonyl (C=O) groups excluding carboxylic acids is 1. The second kappa shape index (κ2) is 6.99. The molecule has 1 aromatic heterocycles. The van der Waals surface area contributed by atoms with E-state index in [2.05, 4.69) is 30.4 Å². The summed E-state index contributed by atoms with van der Waals surface area (Å²) in [6.07, 6.45) is 9.26. The van der Waals surface area contributed by atoms with E-state index in [1.54, 1.807) is 0 Å². The molecule has 0 spiro atoms. The Balaban J connectivity index is 1.59. The maximum atomic E-state index is 11.6. The molecule has 118 valence electrons. The molecule has 3 nitrogen and oxygen atoms in total. The molecule has 3 heteroatoms. The van der Waals surface area contributed by atoms with Crippen LogP contribution in [0.15, 0.2) is 28.9 Å². The monoisotopic (exact) mass is 299 g/mol. The van der Waals surface area contributed by atoms with E-state index >= 15 is 0 Å². The molecule has 1 aliphatic carbocycles. The van der Waals surface area contributed by atoms with Crippen molar-refractivity contribution in [2.45, 2.75) is 51.9 Å². The lowest BCUT2D eigenvalue weighted by Crippen LogP contribution is -2.25. The summed E-state index contributed by atoms with van der Waals surface area (Å²) < 4.78 is 5.63. The van der Waals surface area contributed by atoms with Crippen LogP contribution in [0.4, 0.5) is 0 Å². The van der Waals surface area contributed by atoms with Gasteiger partial charge in [0.15, 0.2) is 0 Å². The molecule has 1 amide bonds. The largest absolute Gasteiger partial charge is 0.464 e. The highest BCUT2D eigenvalue weighted by Gasteiger charge is 2.21. The summed E-state index contributed by atoms with van der Waals surface area (Å²) in [4.78, 5) is 11.6. The Kier molecular flexibility index (Phi) is 4.81. The summed E-state index contributed by atoms with van der Waals surface area (Å²) in [7, 11) is 0. The molecule has 1 fully saturated rings. The molecule has 0 radical (unpaired) electrons. The number of fused-ring (bicyclic) bond motifs is 1. The van der Waals surface area contributed by atoms with E-state index < -0.39 is 0 Å². The lowest BCUT2D eigenvalue weighted by molar-refractivity contribution is -0.121. The Labute approximate surface area is 132 Å². The molecule has 3 rings (SSSR count). The van der Waals surface area contributed by atoms with Crippen LogP contribution >= 0.6 is 0 Å². The van der Waals surface area contributed by atoms with Gasteiger partial charge in [-0.15, -0.1) is 0 Å². The highest BCUT2D eigenvalue weighted by molar-refractivity contribution is 5.82. The number of furan rings is 1. The van der Waals surface area contributed by atoms with Crippen molar-refractivity contribution in [2.75, 3.05) is 6.54 Å². The number of hydrogen-bond donors (Lipinski definition) is 1. The van der Waals surface area contributed by atoms with Gasteiger partial charge in [0.1, 0.15) is 5.58 Å². The fourth-order valence-electron chi connectivity index (χ4n) is 2.87. The summed E-state index contributed by atoms with van der Waals surface area (Å²) in [5, 5.41) is 4.21. The van der Waals surface area contributed by atoms with Crippen molar-refractivity contribution in [3.8, 4) is 0 Å². The van der Waals surface area contributed by atoms with Gasteiger partial charge in [0, 0.05) is 18.4 Å². The zero-order chi connectivity index (χ0) is 15.4.